The highest BCUT2D eigenvalue weighted by Crippen LogP contribution is 2.27. The van der Waals surface area contributed by atoms with Crippen LogP contribution in [0.4, 0.5) is 0 Å². The molecular formula is C21H34N6O5S. The molecule has 1 saturated heterocycles. The van der Waals surface area contributed by atoms with Crippen LogP contribution >= 0.6 is 0 Å². The maximum Gasteiger partial charge on any atom is 0.241 e. The molecule has 0 spiro atoms. The molecule has 0 bridgehead atoms. The molecule has 0 unspecified atom stereocenters. The number of guanidine groups is 1. The fraction of sp³-hybridized carbons (Fsp3) is 0.571. The summed E-state index contributed by atoms with van der Waals surface area (Å²) in [4.78, 5) is 31.1. The van der Waals surface area contributed by atoms with E-state index in [1.54, 1.807) is 24.3 Å². The molecule has 1 aromatic rings. The van der Waals surface area contributed by atoms with Crippen molar-refractivity contribution in [1.29, 1.82) is 0 Å². The van der Waals surface area contributed by atoms with Crippen molar-refractivity contribution in [2.24, 2.45) is 16.6 Å². The van der Waals surface area contributed by atoms with Crippen LogP contribution in [0.5, 0.6) is 0 Å². The molecule has 2 amide bonds. The summed E-state index contributed by atoms with van der Waals surface area (Å²) in [6.45, 7) is 6.67. The zero-order valence-electron chi connectivity index (χ0n) is 19.3. The van der Waals surface area contributed by atoms with Crippen LogP contribution in [-0.4, -0.2) is 63.4 Å². The van der Waals surface area contributed by atoms with E-state index in [0.29, 0.717) is 19.4 Å². The summed E-state index contributed by atoms with van der Waals surface area (Å²) in [5.74, 6) is -1.05. The van der Waals surface area contributed by atoms with Crippen LogP contribution in [-0.2, 0) is 29.9 Å². The zero-order chi connectivity index (χ0) is 24.6. The Kier molecular flexibility index (Phi) is 9.06. The number of benzene rings is 1. The lowest BCUT2D eigenvalue weighted by Crippen LogP contribution is -2.54. The summed E-state index contributed by atoms with van der Waals surface area (Å²) < 4.78 is 28.2. The van der Waals surface area contributed by atoms with Crippen LogP contribution in [0.2, 0.25) is 0 Å². The topological polar surface area (TPSA) is 169 Å². The first-order chi connectivity index (χ1) is 15.5. The molecule has 0 saturated carbocycles. The maximum atomic E-state index is 12.9. The number of nitrogens with two attached hydrogens (primary N) is 2. The number of sulfonamides is 1. The second-order valence-electron chi connectivity index (χ2n) is 8.54. The highest BCUT2D eigenvalue weighted by molar-refractivity contribution is 7.89. The first kappa shape index (κ1) is 26.4. The van der Waals surface area contributed by atoms with E-state index in [1.165, 1.54) is 4.90 Å². The third kappa shape index (κ3) is 7.60. The van der Waals surface area contributed by atoms with E-state index < -0.39 is 27.9 Å². The molecule has 11 nitrogen and oxygen atoms in total. The lowest BCUT2D eigenvalue weighted by molar-refractivity contribution is -0.139. The van der Waals surface area contributed by atoms with Crippen molar-refractivity contribution in [3.8, 4) is 0 Å². The van der Waals surface area contributed by atoms with Gasteiger partial charge in [0.25, 0.3) is 0 Å². The molecular weight excluding hydrogens is 448 g/mol. The van der Waals surface area contributed by atoms with Gasteiger partial charge in [0.05, 0.1) is 18.0 Å². The number of oxime groups is 1. The third-order valence-electron chi connectivity index (χ3n) is 5.68. The second-order valence-corrected chi connectivity index (χ2v) is 10.3. The molecule has 1 atom stereocenters. The van der Waals surface area contributed by atoms with Gasteiger partial charge in [-0.3, -0.25) is 9.59 Å². The van der Waals surface area contributed by atoms with Gasteiger partial charge in [0.15, 0.2) is 0 Å². The highest BCUT2D eigenvalue weighted by atomic mass is 32.2. The molecule has 0 aliphatic carbocycles. The number of rotatable bonds is 11. The highest BCUT2D eigenvalue weighted by Gasteiger charge is 2.33. The lowest BCUT2D eigenvalue weighted by Gasteiger charge is -2.32. The Bertz CT molecular complexity index is 958. The number of amides is 2. The molecule has 1 aliphatic rings. The average molecular weight is 483 g/mol. The summed E-state index contributed by atoms with van der Waals surface area (Å²) in [5.41, 5.74) is 11.2. The Balaban J connectivity index is 1.94. The molecule has 1 heterocycles. The summed E-state index contributed by atoms with van der Waals surface area (Å²) in [7, 11) is -3.89. The van der Waals surface area contributed by atoms with Gasteiger partial charge in [-0.2, -0.15) is 4.72 Å². The van der Waals surface area contributed by atoms with E-state index in [0.717, 1.165) is 12.0 Å². The minimum Gasteiger partial charge on any atom is -0.391 e. The smallest absolute Gasteiger partial charge is 0.241 e. The summed E-state index contributed by atoms with van der Waals surface area (Å²) >= 11 is 0. The summed E-state index contributed by atoms with van der Waals surface area (Å²) in [6.07, 6.45) is 1.85. The monoisotopic (exact) mass is 482 g/mol. The van der Waals surface area contributed by atoms with Gasteiger partial charge in [0.2, 0.25) is 27.8 Å². The molecule has 0 aromatic heterocycles. The van der Waals surface area contributed by atoms with E-state index in [2.05, 4.69) is 36.0 Å². The van der Waals surface area contributed by atoms with E-state index >= 15 is 0 Å². The minimum atomic E-state index is -3.89. The fourth-order valence-corrected chi connectivity index (χ4v) is 4.56. The van der Waals surface area contributed by atoms with Crippen LogP contribution in [0.25, 0.3) is 0 Å². The van der Waals surface area contributed by atoms with Gasteiger partial charge in [-0.05, 0) is 47.5 Å². The molecule has 6 N–H and O–H groups in total. The van der Waals surface area contributed by atoms with E-state index in [1.807, 2.05) is 0 Å². The third-order valence-corrected chi connectivity index (χ3v) is 7.17. The Labute approximate surface area is 194 Å². The first-order valence-electron chi connectivity index (χ1n) is 10.9. The van der Waals surface area contributed by atoms with E-state index in [-0.39, 0.29) is 36.0 Å². The molecule has 2 rings (SSSR count). The van der Waals surface area contributed by atoms with Crippen LogP contribution in [0, 0.1) is 0 Å². The minimum absolute atomic E-state index is 0.0623. The first-order valence-corrected chi connectivity index (χ1v) is 12.3. The van der Waals surface area contributed by atoms with Crippen LogP contribution < -0.4 is 21.5 Å². The van der Waals surface area contributed by atoms with Crippen molar-refractivity contribution >= 4 is 27.8 Å². The van der Waals surface area contributed by atoms with Crippen molar-refractivity contribution in [2.75, 3.05) is 26.2 Å². The van der Waals surface area contributed by atoms with Crippen LogP contribution in [0.1, 0.15) is 45.6 Å². The zero-order valence-corrected chi connectivity index (χ0v) is 20.2. The van der Waals surface area contributed by atoms with Crippen molar-refractivity contribution in [2.45, 2.75) is 56.4 Å². The van der Waals surface area contributed by atoms with Crippen LogP contribution in [0.3, 0.4) is 0 Å². The maximum absolute atomic E-state index is 12.9. The van der Waals surface area contributed by atoms with E-state index in [9.17, 15) is 18.0 Å². The molecule has 0 radical (unpaired) electrons. The molecule has 1 fully saturated rings. The van der Waals surface area contributed by atoms with Crippen molar-refractivity contribution < 1.29 is 22.8 Å². The normalized spacial score (nSPS) is 16.9. The number of hydrogen-bond donors (Lipinski definition) is 4. The number of carbonyl (C=O) groups is 2. The number of carbonyl (C=O) groups excluding carboxylic acids is 2. The van der Waals surface area contributed by atoms with Gasteiger partial charge in [-0.1, -0.05) is 32.9 Å². The van der Waals surface area contributed by atoms with Crippen LogP contribution in [0.15, 0.2) is 34.3 Å². The molecule has 12 heteroatoms. The Morgan fingerprint density at radius 2 is 1.94 bits per heavy atom. The number of hydrogen-bond acceptors (Lipinski definition) is 6. The summed E-state index contributed by atoms with van der Waals surface area (Å²) in [6, 6.07) is 5.78. The Hall–Kier alpha value is -2.86. The molecule has 33 heavy (non-hydrogen) atoms. The van der Waals surface area contributed by atoms with Gasteiger partial charge in [-0.15, -0.1) is 0 Å². The SMILES string of the molecule is CCC(C)(C)c1ccc(S(=O)(=O)N[C@H]2CCCN(CC(=O)NCCON=C(N)N)C2=O)cc1. The standard InChI is InChI=1S/C21H34N6O5S/c1-4-21(2,3)15-7-9-16(10-8-15)33(30,31)26-17-6-5-12-27(19(17)29)14-18(28)24-11-13-32-25-20(22)23/h7-10,17,26H,4-6,11-14H2,1-3H3,(H,24,28)(H4,22,23,25)/t17-/m0/s1. The van der Waals surface area contributed by atoms with E-state index in [4.69, 9.17) is 16.3 Å². The Morgan fingerprint density at radius 1 is 1.27 bits per heavy atom. The van der Waals surface area contributed by atoms with Crippen molar-refractivity contribution in [1.82, 2.24) is 14.9 Å². The number of piperidine rings is 1. The summed E-state index contributed by atoms with van der Waals surface area (Å²) in [5, 5.41) is 5.92. The van der Waals surface area contributed by atoms with Crippen molar-refractivity contribution in [3.63, 3.8) is 0 Å². The number of likely N-dealkylation sites (tertiary alicyclic amines) is 1. The number of nitrogens with one attached hydrogen (secondary N) is 2. The largest absolute Gasteiger partial charge is 0.391 e. The second kappa shape index (κ2) is 11.3. The average Bonchev–Trinajstić information content (AvgIpc) is 2.76. The van der Waals surface area contributed by atoms with Gasteiger partial charge in [-0.25, -0.2) is 8.42 Å². The lowest BCUT2D eigenvalue weighted by atomic mass is 9.82. The molecule has 1 aromatic carbocycles. The molecule has 1 aliphatic heterocycles. The fourth-order valence-electron chi connectivity index (χ4n) is 3.34. The Morgan fingerprint density at radius 3 is 2.55 bits per heavy atom. The van der Waals surface area contributed by atoms with Gasteiger partial charge < -0.3 is 26.5 Å². The van der Waals surface area contributed by atoms with Crippen molar-refractivity contribution in [3.05, 3.63) is 29.8 Å². The number of nitrogens with zero attached hydrogens (tertiary/aromatic N) is 2. The van der Waals surface area contributed by atoms with Gasteiger partial charge >= 0.3 is 0 Å². The molecule has 184 valence electrons. The predicted octanol–water partition coefficient (Wildman–Crippen LogP) is -0.0353. The van der Waals surface area contributed by atoms with Gasteiger partial charge in [0, 0.05) is 6.54 Å². The quantitative estimate of drug-likeness (QED) is 0.148. The predicted molar refractivity (Wildman–Crippen MR) is 124 cm³/mol. The van der Waals surface area contributed by atoms with Gasteiger partial charge in [0.1, 0.15) is 12.6 Å².